The second-order valence-electron chi connectivity index (χ2n) is 5.18. The smallest absolute Gasteiger partial charge is 0.123 e. The van der Waals surface area contributed by atoms with Gasteiger partial charge in [-0.2, -0.15) is 0 Å². The molecular weight excluding hydrogens is 297 g/mol. The monoisotopic (exact) mass is 325 g/mol. The van der Waals surface area contributed by atoms with E-state index in [9.17, 15) is 4.39 Å². The molecule has 0 radical (unpaired) electrons. The molecule has 0 heterocycles. The third-order valence-electron chi connectivity index (χ3n) is 3.47. The zero-order valence-corrected chi connectivity index (χ0v) is 13.4. The SMILES string of the molecule is C.C=CC(CCC(N)C(C)=S)Cc1ccc(OCCF)cc1. The minimum absolute atomic E-state index is 0. The molecule has 0 saturated heterocycles. The first-order valence-electron chi connectivity index (χ1n) is 7.23. The van der Waals surface area contributed by atoms with Crippen LogP contribution in [0.5, 0.6) is 5.75 Å². The van der Waals surface area contributed by atoms with Gasteiger partial charge in [-0.3, -0.25) is 0 Å². The summed E-state index contributed by atoms with van der Waals surface area (Å²) in [4.78, 5) is 0.854. The minimum atomic E-state index is -0.472. The molecule has 22 heavy (non-hydrogen) atoms. The molecule has 2 nitrogen and oxygen atoms in total. The molecule has 0 aromatic heterocycles. The normalized spacial score (nSPS) is 12.9. The lowest BCUT2D eigenvalue weighted by atomic mass is 9.92. The molecule has 0 bridgehead atoms. The highest BCUT2D eigenvalue weighted by Gasteiger charge is 2.10. The Kier molecular flexibility index (Phi) is 10.7. The maximum atomic E-state index is 12.0. The van der Waals surface area contributed by atoms with Gasteiger partial charge in [0.2, 0.25) is 0 Å². The summed E-state index contributed by atoms with van der Waals surface area (Å²) in [5.41, 5.74) is 7.17. The van der Waals surface area contributed by atoms with Gasteiger partial charge < -0.3 is 10.5 Å². The zero-order valence-electron chi connectivity index (χ0n) is 12.6. The summed E-state index contributed by atoms with van der Waals surface area (Å²) in [6.07, 6.45) is 4.73. The summed E-state index contributed by atoms with van der Waals surface area (Å²) in [5, 5.41) is 0. The molecule has 0 amide bonds. The summed E-state index contributed by atoms with van der Waals surface area (Å²) in [7, 11) is 0. The second kappa shape index (κ2) is 11.3. The fourth-order valence-electron chi connectivity index (χ4n) is 2.08. The van der Waals surface area contributed by atoms with Crippen LogP contribution in [-0.2, 0) is 6.42 Å². The maximum Gasteiger partial charge on any atom is 0.123 e. The number of benzene rings is 1. The van der Waals surface area contributed by atoms with Crippen LogP contribution >= 0.6 is 12.2 Å². The van der Waals surface area contributed by atoms with Crippen molar-refractivity contribution in [3.8, 4) is 5.75 Å². The van der Waals surface area contributed by atoms with E-state index in [-0.39, 0.29) is 20.1 Å². The van der Waals surface area contributed by atoms with Gasteiger partial charge in [0.05, 0.1) is 0 Å². The Balaban J connectivity index is 0.00000441. The van der Waals surface area contributed by atoms with Crippen molar-refractivity contribution in [3.63, 3.8) is 0 Å². The number of halogens is 1. The first kappa shape index (κ1) is 20.7. The van der Waals surface area contributed by atoms with Crippen molar-refractivity contribution in [2.45, 2.75) is 39.7 Å². The number of alkyl halides is 1. The van der Waals surface area contributed by atoms with E-state index >= 15 is 0 Å². The lowest BCUT2D eigenvalue weighted by Gasteiger charge is -2.16. The van der Waals surface area contributed by atoms with Crippen LogP contribution in [0.25, 0.3) is 0 Å². The van der Waals surface area contributed by atoms with Gasteiger partial charge in [-0.25, -0.2) is 4.39 Å². The van der Waals surface area contributed by atoms with Crippen LogP contribution in [0.4, 0.5) is 4.39 Å². The molecule has 2 unspecified atom stereocenters. The van der Waals surface area contributed by atoms with Gasteiger partial charge in [0.25, 0.3) is 0 Å². The van der Waals surface area contributed by atoms with Gasteiger partial charge in [-0.15, -0.1) is 6.58 Å². The predicted octanol–water partition coefficient (Wildman–Crippen LogP) is 4.51. The number of nitrogens with two attached hydrogens (primary N) is 1. The number of allylic oxidation sites excluding steroid dienone is 1. The molecule has 1 aromatic carbocycles. The zero-order chi connectivity index (χ0) is 15.7. The van der Waals surface area contributed by atoms with E-state index in [1.165, 1.54) is 5.56 Å². The molecule has 2 atom stereocenters. The summed E-state index contributed by atoms with van der Waals surface area (Å²) in [6.45, 7) is 5.41. The maximum absolute atomic E-state index is 12.0. The van der Waals surface area contributed by atoms with Crippen molar-refractivity contribution in [3.05, 3.63) is 42.5 Å². The summed E-state index contributed by atoms with van der Waals surface area (Å²) < 4.78 is 17.2. The van der Waals surface area contributed by atoms with Crippen molar-refractivity contribution in [1.29, 1.82) is 0 Å². The summed E-state index contributed by atoms with van der Waals surface area (Å²) in [5.74, 6) is 1.08. The van der Waals surface area contributed by atoms with E-state index in [1.807, 2.05) is 37.3 Å². The molecule has 1 rings (SSSR count). The number of rotatable bonds is 10. The largest absolute Gasteiger partial charge is 0.491 e. The van der Waals surface area contributed by atoms with E-state index in [4.69, 9.17) is 22.7 Å². The first-order valence-corrected chi connectivity index (χ1v) is 7.64. The molecular formula is C18H28FNOS. The Morgan fingerprint density at radius 3 is 2.50 bits per heavy atom. The van der Waals surface area contributed by atoms with E-state index < -0.39 is 6.67 Å². The average Bonchev–Trinajstić information content (AvgIpc) is 2.50. The fraction of sp³-hybridized carbons (Fsp3) is 0.500. The summed E-state index contributed by atoms with van der Waals surface area (Å²) in [6, 6.07) is 7.75. The molecule has 4 heteroatoms. The fourth-order valence-corrected chi connectivity index (χ4v) is 2.20. The standard InChI is InChI=1S/C17H24FNOS.CH4/c1-3-14(6-9-17(19)13(2)21)12-15-4-7-16(8-5-15)20-11-10-18;/h3-5,7-8,14,17H,1,6,9-12,19H2,2H3;1H4. The number of hydrogen-bond acceptors (Lipinski definition) is 3. The van der Waals surface area contributed by atoms with Crippen molar-refractivity contribution < 1.29 is 9.13 Å². The van der Waals surface area contributed by atoms with Crippen LogP contribution < -0.4 is 10.5 Å². The molecule has 1 aromatic rings. The second-order valence-corrected chi connectivity index (χ2v) is 5.82. The lowest BCUT2D eigenvalue weighted by molar-refractivity contribution is 0.273. The Hall–Kier alpha value is -1.26. The van der Waals surface area contributed by atoms with Crippen LogP contribution in [0.1, 0.15) is 32.8 Å². The summed E-state index contributed by atoms with van der Waals surface area (Å²) >= 11 is 5.09. The lowest BCUT2D eigenvalue weighted by Crippen LogP contribution is -2.27. The molecule has 0 aliphatic heterocycles. The quantitative estimate of drug-likeness (QED) is 0.508. The Labute approximate surface area is 139 Å². The van der Waals surface area contributed by atoms with Crippen LogP contribution in [0.3, 0.4) is 0 Å². The van der Waals surface area contributed by atoms with Gasteiger partial charge in [0.15, 0.2) is 0 Å². The van der Waals surface area contributed by atoms with Crippen LogP contribution in [0.2, 0.25) is 0 Å². The first-order chi connectivity index (χ1) is 10.1. The van der Waals surface area contributed by atoms with Crippen molar-refractivity contribution in [1.82, 2.24) is 0 Å². The van der Waals surface area contributed by atoms with E-state index in [0.717, 1.165) is 24.1 Å². The third kappa shape index (κ3) is 7.66. The van der Waals surface area contributed by atoms with Gasteiger partial charge in [-0.05, 0) is 49.8 Å². The minimum Gasteiger partial charge on any atom is -0.491 e. The average molecular weight is 325 g/mol. The molecule has 0 fully saturated rings. The number of hydrogen-bond donors (Lipinski definition) is 1. The van der Waals surface area contributed by atoms with Crippen LogP contribution in [-0.4, -0.2) is 24.2 Å². The molecule has 124 valence electrons. The topological polar surface area (TPSA) is 35.2 Å². The highest BCUT2D eigenvalue weighted by Crippen LogP contribution is 2.19. The van der Waals surface area contributed by atoms with Crippen molar-refractivity contribution >= 4 is 17.1 Å². The highest BCUT2D eigenvalue weighted by molar-refractivity contribution is 7.80. The van der Waals surface area contributed by atoms with Gasteiger partial charge in [0.1, 0.15) is 19.0 Å². The molecule has 0 spiro atoms. The Bertz CT molecular complexity index is 447. The third-order valence-corrected chi connectivity index (χ3v) is 3.77. The predicted molar refractivity (Wildman–Crippen MR) is 97.5 cm³/mol. The van der Waals surface area contributed by atoms with Gasteiger partial charge in [0, 0.05) is 10.9 Å². The van der Waals surface area contributed by atoms with Gasteiger partial charge in [-0.1, -0.05) is 37.9 Å². The number of thiocarbonyl (C=S) groups is 1. The number of ether oxygens (including phenoxy) is 1. The molecule has 0 saturated carbocycles. The van der Waals surface area contributed by atoms with E-state index in [2.05, 4.69) is 6.58 Å². The van der Waals surface area contributed by atoms with E-state index in [1.54, 1.807) is 0 Å². The van der Waals surface area contributed by atoms with Crippen molar-refractivity contribution in [2.75, 3.05) is 13.3 Å². The highest BCUT2D eigenvalue weighted by atomic mass is 32.1. The van der Waals surface area contributed by atoms with Crippen LogP contribution in [0.15, 0.2) is 36.9 Å². The molecule has 2 N–H and O–H groups in total. The van der Waals surface area contributed by atoms with Gasteiger partial charge >= 0.3 is 0 Å². The molecule has 0 aliphatic rings. The van der Waals surface area contributed by atoms with Crippen molar-refractivity contribution in [2.24, 2.45) is 11.7 Å². The Morgan fingerprint density at radius 2 is 2.00 bits per heavy atom. The van der Waals surface area contributed by atoms with Crippen LogP contribution in [0, 0.1) is 5.92 Å². The Morgan fingerprint density at radius 1 is 1.36 bits per heavy atom. The molecule has 0 aliphatic carbocycles. The van der Waals surface area contributed by atoms with E-state index in [0.29, 0.717) is 11.7 Å².